The summed E-state index contributed by atoms with van der Waals surface area (Å²) in [5.74, 6) is 2.83. The molecule has 0 amide bonds. The molecule has 5 nitrogen and oxygen atoms in total. The zero-order valence-corrected chi connectivity index (χ0v) is 16.4. The fourth-order valence-corrected chi connectivity index (χ4v) is 3.84. The quantitative estimate of drug-likeness (QED) is 0.806. The molecule has 2 heterocycles. The maximum Gasteiger partial charge on any atom is 0.494 e. The molecule has 1 aromatic carbocycles. The van der Waals surface area contributed by atoms with Crippen LogP contribution in [0.2, 0.25) is 0 Å². The van der Waals surface area contributed by atoms with Crippen molar-refractivity contribution in [2.75, 3.05) is 11.5 Å². The van der Waals surface area contributed by atoms with Crippen molar-refractivity contribution in [3.8, 4) is 0 Å². The van der Waals surface area contributed by atoms with E-state index in [0.29, 0.717) is 0 Å². The molecule has 0 bridgehead atoms. The predicted molar refractivity (Wildman–Crippen MR) is 100 cm³/mol. The lowest BCUT2D eigenvalue weighted by molar-refractivity contribution is 0.00578. The van der Waals surface area contributed by atoms with Gasteiger partial charge < -0.3 is 9.31 Å². The fourth-order valence-electron chi connectivity index (χ4n) is 2.30. The second-order valence-electron chi connectivity index (χ2n) is 7.02. The van der Waals surface area contributed by atoms with Gasteiger partial charge in [0.1, 0.15) is 0 Å². The highest BCUT2D eigenvalue weighted by atomic mass is 32.2. The van der Waals surface area contributed by atoms with Crippen molar-refractivity contribution in [2.45, 2.75) is 56.6 Å². The van der Waals surface area contributed by atoms with E-state index in [4.69, 9.17) is 14.4 Å². The summed E-state index contributed by atoms with van der Waals surface area (Å²) in [5.41, 5.74) is -0.0712. The van der Waals surface area contributed by atoms with E-state index in [9.17, 15) is 8.42 Å². The molecule has 2 N–H and O–H groups in total. The fraction of sp³-hybridized carbons (Fsp3) is 0.625. The first-order valence-corrected chi connectivity index (χ1v) is 10.8. The Hall–Kier alpha value is -0.535. The largest absolute Gasteiger partial charge is 0.494 e. The SMILES string of the molecule is C1CCSC1.CC1(C)OB(c2ccc(S(N)(=O)=O)cc2)OC1(C)C. The van der Waals surface area contributed by atoms with E-state index >= 15 is 0 Å². The number of hydrogen-bond donors (Lipinski definition) is 1. The van der Waals surface area contributed by atoms with Crippen LogP contribution in [0.1, 0.15) is 40.5 Å². The van der Waals surface area contributed by atoms with Gasteiger partial charge in [-0.25, -0.2) is 13.6 Å². The maximum absolute atomic E-state index is 11.2. The average molecular weight is 371 g/mol. The zero-order valence-electron chi connectivity index (χ0n) is 14.7. The molecule has 2 saturated heterocycles. The molecule has 8 heteroatoms. The van der Waals surface area contributed by atoms with Gasteiger partial charge in [-0.3, -0.25) is 0 Å². The summed E-state index contributed by atoms with van der Waals surface area (Å²) in [4.78, 5) is 0.0766. The van der Waals surface area contributed by atoms with E-state index in [0.717, 1.165) is 5.46 Å². The third-order valence-electron chi connectivity index (χ3n) is 4.56. The summed E-state index contributed by atoms with van der Waals surface area (Å²) in [5, 5.41) is 5.06. The van der Waals surface area contributed by atoms with Crippen LogP contribution in [-0.2, 0) is 19.3 Å². The number of benzene rings is 1. The first kappa shape index (κ1) is 19.8. The summed E-state index contributed by atoms with van der Waals surface area (Å²) in [6, 6.07) is 6.22. The minimum atomic E-state index is -3.67. The highest BCUT2D eigenvalue weighted by molar-refractivity contribution is 7.99. The van der Waals surface area contributed by atoms with Crippen molar-refractivity contribution in [1.29, 1.82) is 0 Å². The van der Waals surface area contributed by atoms with Gasteiger partial charge in [-0.05, 0) is 69.6 Å². The first-order valence-electron chi connectivity index (χ1n) is 8.09. The molecule has 134 valence electrons. The van der Waals surface area contributed by atoms with Crippen LogP contribution < -0.4 is 10.6 Å². The Morgan fingerprint density at radius 2 is 1.46 bits per heavy atom. The Bertz CT molecular complexity index is 632. The third kappa shape index (κ3) is 4.76. The number of rotatable bonds is 2. The molecule has 0 aliphatic carbocycles. The minimum absolute atomic E-state index is 0.0766. The van der Waals surface area contributed by atoms with E-state index in [-0.39, 0.29) is 4.90 Å². The number of hydrogen-bond acceptors (Lipinski definition) is 5. The van der Waals surface area contributed by atoms with Crippen molar-refractivity contribution in [3.63, 3.8) is 0 Å². The summed E-state index contributed by atoms with van der Waals surface area (Å²) in [6.45, 7) is 7.86. The van der Waals surface area contributed by atoms with Crippen molar-refractivity contribution < 1.29 is 17.7 Å². The Kier molecular flexibility index (Phi) is 6.08. The standard InChI is InChI=1S/C12H18BNO4S.C4H8S/c1-11(2)12(3,4)18-13(17-11)9-5-7-10(8-6-9)19(14,15)16;1-2-4-5-3-1/h5-8H,1-4H3,(H2,14,15,16);1-4H2. The zero-order chi connectivity index (χ0) is 18.0. The van der Waals surface area contributed by atoms with Crippen molar-refractivity contribution >= 4 is 34.4 Å². The predicted octanol–water partition coefficient (Wildman–Crippen LogP) is 2.15. The van der Waals surface area contributed by atoms with Gasteiger partial charge in [-0.2, -0.15) is 11.8 Å². The van der Waals surface area contributed by atoms with Crippen molar-refractivity contribution in [2.24, 2.45) is 5.14 Å². The molecule has 2 aliphatic heterocycles. The van der Waals surface area contributed by atoms with E-state index < -0.39 is 28.3 Å². The molecule has 0 unspecified atom stereocenters. The summed E-state index contributed by atoms with van der Waals surface area (Å²) in [7, 11) is -4.17. The van der Waals surface area contributed by atoms with Gasteiger partial charge in [0.25, 0.3) is 0 Å². The number of primary sulfonamides is 1. The molecule has 3 rings (SSSR count). The second-order valence-corrected chi connectivity index (χ2v) is 9.81. The van der Waals surface area contributed by atoms with Gasteiger partial charge in [-0.1, -0.05) is 12.1 Å². The molecule has 2 fully saturated rings. The lowest BCUT2D eigenvalue weighted by atomic mass is 9.79. The molecule has 0 aromatic heterocycles. The molecular weight excluding hydrogens is 345 g/mol. The normalized spacial score (nSPS) is 22.1. The Balaban J connectivity index is 0.000000355. The van der Waals surface area contributed by atoms with Crippen LogP contribution in [0.3, 0.4) is 0 Å². The molecule has 0 saturated carbocycles. The van der Waals surface area contributed by atoms with Gasteiger partial charge in [-0.15, -0.1) is 0 Å². The molecule has 24 heavy (non-hydrogen) atoms. The van der Waals surface area contributed by atoms with E-state index in [1.807, 2.05) is 27.7 Å². The van der Waals surface area contributed by atoms with E-state index in [1.165, 1.54) is 36.5 Å². The van der Waals surface area contributed by atoms with E-state index in [1.54, 1.807) is 12.1 Å². The van der Waals surface area contributed by atoms with Crippen molar-refractivity contribution in [3.05, 3.63) is 24.3 Å². The Labute approximate surface area is 149 Å². The molecule has 0 spiro atoms. The van der Waals surface area contributed by atoms with Crippen LogP contribution in [0.25, 0.3) is 0 Å². The van der Waals surface area contributed by atoms with Crippen LogP contribution in [-0.4, -0.2) is 38.2 Å². The molecule has 2 aliphatic rings. The lowest BCUT2D eigenvalue weighted by Crippen LogP contribution is -2.41. The molecule has 1 aromatic rings. The highest BCUT2D eigenvalue weighted by Gasteiger charge is 2.51. The van der Waals surface area contributed by atoms with Gasteiger partial charge in [0.2, 0.25) is 10.0 Å². The smallest absolute Gasteiger partial charge is 0.399 e. The number of nitrogens with two attached hydrogens (primary N) is 1. The Morgan fingerprint density at radius 3 is 1.79 bits per heavy atom. The Morgan fingerprint density at radius 1 is 1.00 bits per heavy atom. The maximum atomic E-state index is 11.2. The van der Waals surface area contributed by atoms with Crippen LogP contribution >= 0.6 is 11.8 Å². The lowest BCUT2D eigenvalue weighted by Gasteiger charge is -2.32. The monoisotopic (exact) mass is 371 g/mol. The van der Waals surface area contributed by atoms with Gasteiger partial charge >= 0.3 is 7.12 Å². The average Bonchev–Trinajstić information content (AvgIpc) is 3.10. The van der Waals surface area contributed by atoms with Crippen LogP contribution in [0.4, 0.5) is 0 Å². The van der Waals surface area contributed by atoms with Crippen molar-refractivity contribution in [1.82, 2.24) is 0 Å². The van der Waals surface area contributed by atoms with Crippen LogP contribution in [0.5, 0.6) is 0 Å². The first-order chi connectivity index (χ1) is 11.0. The van der Waals surface area contributed by atoms with Gasteiger partial charge in [0.05, 0.1) is 16.1 Å². The number of sulfonamides is 1. The molecule has 0 radical (unpaired) electrons. The molecule has 0 atom stereocenters. The topological polar surface area (TPSA) is 78.6 Å². The highest BCUT2D eigenvalue weighted by Crippen LogP contribution is 2.36. The minimum Gasteiger partial charge on any atom is -0.399 e. The summed E-state index contributed by atoms with van der Waals surface area (Å²) >= 11 is 2.07. The van der Waals surface area contributed by atoms with Crippen LogP contribution in [0, 0.1) is 0 Å². The van der Waals surface area contributed by atoms with Crippen LogP contribution in [0.15, 0.2) is 29.2 Å². The third-order valence-corrected chi connectivity index (χ3v) is 6.65. The van der Waals surface area contributed by atoms with Gasteiger partial charge in [0.15, 0.2) is 0 Å². The second kappa shape index (κ2) is 7.37. The summed E-state index contributed by atoms with van der Waals surface area (Å²) in [6.07, 6.45) is 2.93. The van der Waals surface area contributed by atoms with Gasteiger partial charge in [0, 0.05) is 0 Å². The molecular formula is C16H26BNO4S2. The van der Waals surface area contributed by atoms with E-state index in [2.05, 4.69) is 11.8 Å². The summed E-state index contributed by atoms with van der Waals surface area (Å²) < 4.78 is 34.1. The number of thioether (sulfide) groups is 1.